The van der Waals surface area contributed by atoms with Crippen molar-refractivity contribution in [2.75, 3.05) is 32.8 Å². The molecule has 0 unspecified atom stereocenters. The topological polar surface area (TPSA) is 26.7 Å². The minimum atomic E-state index is -0.151. The Balaban J connectivity index is 1.50. The summed E-state index contributed by atoms with van der Waals surface area (Å²) in [5.74, 6) is 0.628. The third-order valence-electron chi connectivity index (χ3n) is 5.58. The van der Waals surface area contributed by atoms with Gasteiger partial charge in [0.1, 0.15) is 5.82 Å². The van der Waals surface area contributed by atoms with E-state index < -0.39 is 0 Å². The lowest BCUT2D eigenvalue weighted by molar-refractivity contribution is 0.128. The molecule has 3 fully saturated rings. The number of hydrogen-bond donors (Lipinski definition) is 1. The average molecular weight is 334 g/mol. The maximum absolute atomic E-state index is 13.1. The highest BCUT2D eigenvalue weighted by atomic mass is 19.1. The number of halogens is 1. The number of hydrogen-bond acceptors (Lipinski definition) is 3. The Bertz CT molecular complexity index is 493. The summed E-state index contributed by atoms with van der Waals surface area (Å²) in [6.45, 7) is 6.03. The van der Waals surface area contributed by atoms with Crippen LogP contribution in [0.5, 0.6) is 0 Å². The van der Waals surface area contributed by atoms with E-state index in [4.69, 9.17) is 5.11 Å². The van der Waals surface area contributed by atoms with E-state index in [1.165, 1.54) is 50.9 Å². The van der Waals surface area contributed by atoms with Crippen LogP contribution in [0.1, 0.15) is 44.1 Å². The first kappa shape index (κ1) is 17.8. The molecule has 4 rings (SSSR count). The second-order valence-corrected chi connectivity index (χ2v) is 7.55. The summed E-state index contributed by atoms with van der Waals surface area (Å²) in [7, 11) is 0. The van der Waals surface area contributed by atoms with E-state index in [0.29, 0.717) is 12.6 Å². The van der Waals surface area contributed by atoms with Crippen molar-refractivity contribution < 1.29 is 9.50 Å². The zero-order valence-electron chi connectivity index (χ0n) is 14.7. The third kappa shape index (κ3) is 5.01. The quantitative estimate of drug-likeness (QED) is 0.739. The van der Waals surface area contributed by atoms with Crippen LogP contribution in [-0.2, 0) is 6.54 Å². The molecule has 3 aliphatic heterocycles. The van der Waals surface area contributed by atoms with Crippen molar-refractivity contribution in [1.82, 2.24) is 9.80 Å². The highest BCUT2D eigenvalue weighted by Gasteiger charge is 2.34. The SMILES string of the molecule is OCCCCCCN1C[C@@H]2CC[C@H]1CN(Cc1ccc(F)cc1)C2. The van der Waals surface area contributed by atoms with Crippen LogP contribution in [0.3, 0.4) is 0 Å². The van der Waals surface area contributed by atoms with Gasteiger partial charge < -0.3 is 5.11 Å². The van der Waals surface area contributed by atoms with Crippen molar-refractivity contribution >= 4 is 0 Å². The summed E-state index contributed by atoms with van der Waals surface area (Å²) in [5, 5.41) is 8.87. The van der Waals surface area contributed by atoms with Crippen molar-refractivity contribution in [3.63, 3.8) is 0 Å². The lowest BCUT2D eigenvalue weighted by atomic mass is 9.94. The Morgan fingerprint density at radius 2 is 1.75 bits per heavy atom. The molecular weight excluding hydrogens is 303 g/mol. The van der Waals surface area contributed by atoms with Crippen LogP contribution in [0.4, 0.5) is 4.39 Å². The molecule has 0 aromatic heterocycles. The molecule has 2 atom stereocenters. The first-order chi connectivity index (χ1) is 11.7. The van der Waals surface area contributed by atoms with Gasteiger partial charge in [-0.25, -0.2) is 4.39 Å². The summed E-state index contributed by atoms with van der Waals surface area (Å²) in [6.07, 6.45) is 7.24. The van der Waals surface area contributed by atoms with Crippen molar-refractivity contribution in [3.05, 3.63) is 35.6 Å². The minimum absolute atomic E-state index is 0.151. The average Bonchev–Trinajstić information content (AvgIpc) is 2.87. The van der Waals surface area contributed by atoms with Crippen LogP contribution in [0, 0.1) is 11.7 Å². The monoisotopic (exact) mass is 334 g/mol. The molecule has 3 saturated heterocycles. The summed E-state index contributed by atoms with van der Waals surface area (Å²) in [4.78, 5) is 5.28. The van der Waals surface area contributed by atoms with Gasteiger partial charge in [0.2, 0.25) is 0 Å². The molecule has 1 aromatic rings. The summed E-state index contributed by atoms with van der Waals surface area (Å²) >= 11 is 0. The maximum Gasteiger partial charge on any atom is 0.123 e. The molecule has 0 amide bonds. The van der Waals surface area contributed by atoms with Gasteiger partial charge in [0.15, 0.2) is 0 Å². The number of piperidine rings is 1. The number of unbranched alkanes of at least 4 members (excludes halogenated alkanes) is 3. The maximum atomic E-state index is 13.1. The van der Waals surface area contributed by atoms with Gasteiger partial charge in [-0.2, -0.15) is 0 Å². The van der Waals surface area contributed by atoms with E-state index >= 15 is 0 Å². The van der Waals surface area contributed by atoms with Gasteiger partial charge in [-0.1, -0.05) is 25.0 Å². The van der Waals surface area contributed by atoms with E-state index in [1.54, 1.807) is 12.1 Å². The van der Waals surface area contributed by atoms with Crippen molar-refractivity contribution in [3.8, 4) is 0 Å². The van der Waals surface area contributed by atoms with Gasteiger partial charge in [-0.05, 0) is 55.8 Å². The van der Waals surface area contributed by atoms with Gasteiger partial charge in [0.25, 0.3) is 0 Å². The predicted molar refractivity (Wildman–Crippen MR) is 95.3 cm³/mol. The van der Waals surface area contributed by atoms with Crippen molar-refractivity contribution in [2.24, 2.45) is 5.92 Å². The molecule has 4 heteroatoms. The predicted octanol–water partition coefficient (Wildman–Crippen LogP) is 3.27. The molecule has 3 nitrogen and oxygen atoms in total. The normalized spacial score (nSPS) is 25.1. The van der Waals surface area contributed by atoms with Crippen LogP contribution in [-0.4, -0.2) is 53.7 Å². The lowest BCUT2D eigenvalue weighted by Gasteiger charge is -2.36. The largest absolute Gasteiger partial charge is 0.396 e. The molecule has 1 N–H and O–H groups in total. The fourth-order valence-corrected chi connectivity index (χ4v) is 4.31. The highest BCUT2D eigenvalue weighted by molar-refractivity contribution is 5.16. The molecule has 1 aromatic carbocycles. The van der Waals surface area contributed by atoms with Crippen LogP contribution in [0.15, 0.2) is 24.3 Å². The molecular formula is C20H31FN2O. The van der Waals surface area contributed by atoms with Crippen LogP contribution < -0.4 is 0 Å². The van der Waals surface area contributed by atoms with Gasteiger partial charge in [-0.15, -0.1) is 0 Å². The molecule has 24 heavy (non-hydrogen) atoms. The summed E-state index contributed by atoms with van der Waals surface area (Å²) < 4.78 is 13.1. The van der Waals surface area contributed by atoms with Gasteiger partial charge in [0, 0.05) is 38.8 Å². The van der Waals surface area contributed by atoms with Crippen LogP contribution in [0.25, 0.3) is 0 Å². The molecule has 0 saturated carbocycles. The first-order valence-electron chi connectivity index (χ1n) is 9.56. The first-order valence-corrected chi connectivity index (χ1v) is 9.56. The molecule has 134 valence electrons. The zero-order valence-corrected chi connectivity index (χ0v) is 14.7. The van der Waals surface area contributed by atoms with Gasteiger partial charge >= 0.3 is 0 Å². The Morgan fingerprint density at radius 3 is 2.54 bits per heavy atom. The molecule has 2 bridgehead atoms. The fourth-order valence-electron chi connectivity index (χ4n) is 4.31. The Morgan fingerprint density at radius 1 is 0.958 bits per heavy atom. The van der Waals surface area contributed by atoms with E-state index in [1.807, 2.05) is 12.1 Å². The summed E-state index contributed by atoms with van der Waals surface area (Å²) in [5.41, 5.74) is 1.22. The molecule has 3 heterocycles. The number of benzene rings is 1. The smallest absolute Gasteiger partial charge is 0.123 e. The second kappa shape index (κ2) is 8.93. The fraction of sp³-hybridized carbons (Fsp3) is 0.700. The van der Waals surface area contributed by atoms with E-state index in [2.05, 4.69) is 9.80 Å². The number of aliphatic hydroxyl groups excluding tert-OH is 1. The van der Waals surface area contributed by atoms with Gasteiger partial charge in [-0.3, -0.25) is 9.80 Å². The Kier molecular flexibility index (Phi) is 6.64. The third-order valence-corrected chi connectivity index (χ3v) is 5.58. The molecule has 0 spiro atoms. The highest BCUT2D eigenvalue weighted by Crippen LogP contribution is 2.29. The molecule has 3 aliphatic rings. The Labute approximate surface area is 145 Å². The second-order valence-electron chi connectivity index (χ2n) is 7.55. The van der Waals surface area contributed by atoms with Crippen LogP contribution in [0.2, 0.25) is 0 Å². The molecule has 0 aliphatic carbocycles. The summed E-state index contributed by atoms with van der Waals surface area (Å²) in [6, 6.07) is 7.66. The van der Waals surface area contributed by atoms with Crippen molar-refractivity contribution in [1.29, 1.82) is 0 Å². The van der Waals surface area contributed by atoms with Crippen molar-refractivity contribution in [2.45, 2.75) is 51.1 Å². The minimum Gasteiger partial charge on any atom is -0.396 e. The standard InChI is InChI=1S/C20H31FN2O/c21-19-8-5-17(6-9-19)13-22-14-18-7-10-20(16-22)23(15-18)11-3-1-2-4-12-24/h5-6,8-9,18,20,24H,1-4,7,10-16H2/t18-,20+/m1/s1. The van der Waals surface area contributed by atoms with E-state index in [0.717, 1.165) is 31.8 Å². The van der Waals surface area contributed by atoms with Gasteiger partial charge in [0.05, 0.1) is 0 Å². The van der Waals surface area contributed by atoms with E-state index in [9.17, 15) is 4.39 Å². The number of aliphatic hydroxyl groups is 1. The van der Waals surface area contributed by atoms with E-state index in [-0.39, 0.29) is 5.82 Å². The lowest BCUT2D eigenvalue weighted by Crippen LogP contribution is -2.44. The number of rotatable bonds is 8. The number of fused-ring (bicyclic) bond motifs is 4. The zero-order chi connectivity index (χ0) is 16.8. The Hall–Kier alpha value is -0.970. The van der Waals surface area contributed by atoms with Crippen LogP contribution >= 0.6 is 0 Å². The molecule has 0 radical (unpaired) electrons. The number of nitrogens with zero attached hydrogens (tertiary/aromatic N) is 2.